The summed E-state index contributed by atoms with van der Waals surface area (Å²) < 4.78 is 0. The van der Waals surface area contributed by atoms with Crippen molar-refractivity contribution in [3.05, 3.63) is 35.9 Å². The van der Waals surface area contributed by atoms with Crippen molar-refractivity contribution in [2.75, 3.05) is 20.6 Å². The molecule has 0 saturated carbocycles. The standard InChI is InChI=1S/C13H22N4/c1-17(2)9-12-11(13(14)16-15-12)8-10-6-4-3-5-7-10/h3-7,11-13,15-16H,8-9,14H2,1-2H3. The normalized spacial score (nSPS) is 28.8. The molecule has 0 aliphatic carbocycles. The molecule has 0 amide bonds. The van der Waals surface area contributed by atoms with Crippen molar-refractivity contribution in [3.8, 4) is 0 Å². The van der Waals surface area contributed by atoms with Gasteiger partial charge in [-0.1, -0.05) is 30.3 Å². The Morgan fingerprint density at radius 2 is 1.88 bits per heavy atom. The molecule has 4 nitrogen and oxygen atoms in total. The Hall–Kier alpha value is -0.940. The fourth-order valence-corrected chi connectivity index (χ4v) is 2.40. The zero-order chi connectivity index (χ0) is 12.3. The highest BCUT2D eigenvalue weighted by Crippen LogP contribution is 2.18. The van der Waals surface area contributed by atoms with Gasteiger partial charge < -0.3 is 10.6 Å². The molecule has 94 valence electrons. The van der Waals surface area contributed by atoms with Crippen LogP contribution in [0, 0.1) is 5.92 Å². The van der Waals surface area contributed by atoms with Gasteiger partial charge >= 0.3 is 0 Å². The smallest absolute Gasteiger partial charge is 0.0726 e. The van der Waals surface area contributed by atoms with Crippen LogP contribution >= 0.6 is 0 Å². The summed E-state index contributed by atoms with van der Waals surface area (Å²) in [4.78, 5) is 2.19. The van der Waals surface area contributed by atoms with E-state index in [-0.39, 0.29) is 6.17 Å². The summed E-state index contributed by atoms with van der Waals surface area (Å²) >= 11 is 0. The largest absolute Gasteiger partial charge is 0.315 e. The number of nitrogens with two attached hydrogens (primary N) is 1. The van der Waals surface area contributed by atoms with Crippen LogP contribution in [0.5, 0.6) is 0 Å². The third-order valence-electron chi connectivity index (χ3n) is 3.29. The zero-order valence-corrected chi connectivity index (χ0v) is 10.6. The van der Waals surface area contributed by atoms with Gasteiger partial charge in [-0.15, -0.1) is 0 Å². The second-order valence-corrected chi connectivity index (χ2v) is 5.04. The highest BCUT2D eigenvalue weighted by molar-refractivity contribution is 5.16. The van der Waals surface area contributed by atoms with Crippen LogP contribution in [-0.2, 0) is 6.42 Å². The molecule has 1 aliphatic heterocycles. The second-order valence-electron chi connectivity index (χ2n) is 5.04. The lowest BCUT2D eigenvalue weighted by Gasteiger charge is -2.23. The van der Waals surface area contributed by atoms with Crippen LogP contribution in [0.2, 0.25) is 0 Å². The highest BCUT2D eigenvalue weighted by atomic mass is 15.5. The Labute approximate surface area is 103 Å². The fourth-order valence-electron chi connectivity index (χ4n) is 2.40. The van der Waals surface area contributed by atoms with Gasteiger partial charge in [0.1, 0.15) is 0 Å². The molecule has 1 fully saturated rings. The highest BCUT2D eigenvalue weighted by Gasteiger charge is 2.33. The molecular formula is C13H22N4. The Bertz CT molecular complexity index is 339. The molecule has 0 spiro atoms. The van der Waals surface area contributed by atoms with E-state index in [0.717, 1.165) is 13.0 Å². The average molecular weight is 234 g/mol. The molecule has 4 heteroatoms. The molecule has 3 unspecified atom stereocenters. The predicted octanol–water partition coefficient (Wildman–Crippen LogP) is 0.168. The first kappa shape index (κ1) is 12.5. The van der Waals surface area contributed by atoms with Crippen molar-refractivity contribution in [1.29, 1.82) is 0 Å². The molecule has 1 saturated heterocycles. The Balaban J connectivity index is 2.01. The molecule has 3 atom stereocenters. The first-order chi connectivity index (χ1) is 8.16. The van der Waals surface area contributed by atoms with Gasteiger partial charge in [0.05, 0.1) is 6.17 Å². The monoisotopic (exact) mass is 234 g/mol. The number of nitrogens with one attached hydrogen (secondary N) is 2. The maximum absolute atomic E-state index is 6.10. The quantitative estimate of drug-likeness (QED) is 0.695. The van der Waals surface area contributed by atoms with Crippen molar-refractivity contribution < 1.29 is 0 Å². The van der Waals surface area contributed by atoms with Gasteiger partial charge in [0, 0.05) is 18.5 Å². The van der Waals surface area contributed by atoms with Crippen molar-refractivity contribution >= 4 is 0 Å². The molecule has 0 bridgehead atoms. The molecule has 1 aromatic carbocycles. The summed E-state index contributed by atoms with van der Waals surface area (Å²) in [6.07, 6.45) is 1.04. The lowest BCUT2D eigenvalue weighted by molar-refractivity contribution is 0.305. The van der Waals surface area contributed by atoms with Crippen LogP contribution in [0.3, 0.4) is 0 Å². The number of hydrogen-bond donors (Lipinski definition) is 3. The van der Waals surface area contributed by atoms with E-state index in [1.165, 1.54) is 5.56 Å². The summed E-state index contributed by atoms with van der Waals surface area (Å²) in [5.41, 5.74) is 13.9. The van der Waals surface area contributed by atoms with E-state index < -0.39 is 0 Å². The topological polar surface area (TPSA) is 53.3 Å². The number of rotatable bonds is 4. The average Bonchev–Trinajstić information content (AvgIpc) is 2.62. The first-order valence-corrected chi connectivity index (χ1v) is 6.12. The van der Waals surface area contributed by atoms with Gasteiger partial charge in [0.15, 0.2) is 0 Å². The van der Waals surface area contributed by atoms with Crippen molar-refractivity contribution in [2.24, 2.45) is 11.7 Å². The fraction of sp³-hybridized carbons (Fsp3) is 0.538. The molecule has 0 aromatic heterocycles. The molecule has 17 heavy (non-hydrogen) atoms. The number of hydrogen-bond acceptors (Lipinski definition) is 4. The minimum Gasteiger partial charge on any atom is -0.315 e. The molecule has 0 radical (unpaired) electrons. The predicted molar refractivity (Wildman–Crippen MR) is 70.2 cm³/mol. The van der Waals surface area contributed by atoms with Crippen LogP contribution in [0.4, 0.5) is 0 Å². The summed E-state index contributed by atoms with van der Waals surface area (Å²) in [5, 5.41) is 0. The van der Waals surface area contributed by atoms with E-state index >= 15 is 0 Å². The molecule has 1 aliphatic rings. The second kappa shape index (κ2) is 5.60. The minimum absolute atomic E-state index is 0.0279. The van der Waals surface area contributed by atoms with Gasteiger partial charge in [-0.3, -0.25) is 5.43 Å². The summed E-state index contributed by atoms with van der Waals surface area (Å²) in [7, 11) is 4.18. The van der Waals surface area contributed by atoms with Crippen molar-refractivity contribution in [2.45, 2.75) is 18.6 Å². The lowest BCUT2D eigenvalue weighted by atomic mass is 9.91. The number of hydrazine groups is 1. The maximum Gasteiger partial charge on any atom is 0.0726 e. The van der Waals surface area contributed by atoms with E-state index in [0.29, 0.717) is 12.0 Å². The van der Waals surface area contributed by atoms with Crippen molar-refractivity contribution in [3.63, 3.8) is 0 Å². The maximum atomic E-state index is 6.10. The van der Waals surface area contributed by atoms with Gasteiger partial charge in [-0.2, -0.15) is 0 Å². The number of likely N-dealkylation sites (N-methyl/N-ethyl adjacent to an activating group) is 1. The van der Waals surface area contributed by atoms with E-state index in [9.17, 15) is 0 Å². The van der Waals surface area contributed by atoms with Gasteiger partial charge in [-0.05, 0) is 26.1 Å². The van der Waals surface area contributed by atoms with E-state index in [4.69, 9.17) is 5.73 Å². The molecular weight excluding hydrogens is 212 g/mol. The van der Waals surface area contributed by atoms with Crippen LogP contribution in [0.25, 0.3) is 0 Å². The van der Waals surface area contributed by atoms with E-state index in [1.54, 1.807) is 0 Å². The summed E-state index contributed by atoms with van der Waals surface area (Å²) in [6, 6.07) is 10.9. The van der Waals surface area contributed by atoms with Gasteiger partial charge in [0.2, 0.25) is 0 Å². The summed E-state index contributed by atoms with van der Waals surface area (Å²) in [6.45, 7) is 0.998. The summed E-state index contributed by atoms with van der Waals surface area (Å²) in [5.74, 6) is 0.430. The molecule has 4 N–H and O–H groups in total. The molecule has 1 aromatic rings. The van der Waals surface area contributed by atoms with Crippen molar-refractivity contribution in [1.82, 2.24) is 15.8 Å². The Morgan fingerprint density at radius 3 is 2.53 bits per heavy atom. The molecule has 1 heterocycles. The van der Waals surface area contributed by atoms with Crippen LogP contribution in [0.1, 0.15) is 5.56 Å². The number of nitrogens with zero attached hydrogens (tertiary/aromatic N) is 1. The van der Waals surface area contributed by atoms with Crippen LogP contribution in [0.15, 0.2) is 30.3 Å². The Morgan fingerprint density at radius 1 is 1.18 bits per heavy atom. The molecule has 2 rings (SSSR count). The zero-order valence-electron chi connectivity index (χ0n) is 10.6. The third-order valence-corrected chi connectivity index (χ3v) is 3.29. The SMILES string of the molecule is CN(C)CC1NNC(N)C1Cc1ccccc1. The van der Waals surface area contributed by atoms with Gasteiger partial charge in [0.25, 0.3) is 0 Å². The third kappa shape index (κ3) is 3.26. The number of benzene rings is 1. The van der Waals surface area contributed by atoms with Crippen LogP contribution in [-0.4, -0.2) is 37.7 Å². The van der Waals surface area contributed by atoms with E-state index in [1.807, 2.05) is 6.07 Å². The van der Waals surface area contributed by atoms with Crippen LogP contribution < -0.4 is 16.6 Å². The first-order valence-electron chi connectivity index (χ1n) is 6.12. The van der Waals surface area contributed by atoms with E-state index in [2.05, 4.69) is 54.1 Å². The van der Waals surface area contributed by atoms with Gasteiger partial charge in [-0.25, -0.2) is 5.43 Å². The Kier molecular flexibility index (Phi) is 4.12. The lowest BCUT2D eigenvalue weighted by Crippen LogP contribution is -2.40. The minimum atomic E-state index is 0.0279.